The molecule has 0 atom stereocenters. The Bertz CT molecular complexity index is 380. The first-order valence-corrected chi connectivity index (χ1v) is 5.57. The van der Waals surface area contributed by atoms with Crippen LogP contribution in [0.4, 0.5) is 4.39 Å². The first-order valence-electron chi connectivity index (χ1n) is 4.78. The fraction of sp³-hybridized carbons (Fsp3) is 0.417. The van der Waals surface area contributed by atoms with Gasteiger partial charge in [0.1, 0.15) is 11.5 Å². The highest BCUT2D eigenvalue weighted by atomic mass is 79.9. The Labute approximate surface area is 97.8 Å². The first kappa shape index (κ1) is 12.4. The molecule has 0 aliphatic heterocycles. The summed E-state index contributed by atoms with van der Waals surface area (Å²) in [5.41, 5.74) is 0.144. The van der Waals surface area contributed by atoms with Gasteiger partial charge in [0.25, 0.3) is 0 Å². The molecule has 0 aliphatic rings. The van der Waals surface area contributed by atoms with E-state index in [-0.39, 0.29) is 5.78 Å². The predicted octanol–water partition coefficient (Wildman–Crippen LogP) is 3.79. The fourth-order valence-corrected chi connectivity index (χ4v) is 2.34. The summed E-state index contributed by atoms with van der Waals surface area (Å²) in [4.78, 5) is 10.9. The van der Waals surface area contributed by atoms with Crippen molar-refractivity contribution in [2.45, 2.75) is 32.9 Å². The molecule has 0 bridgehead atoms. The summed E-state index contributed by atoms with van der Waals surface area (Å²) in [6.07, 6.45) is 0.394. The molecule has 1 rings (SSSR count). The molecule has 1 aromatic rings. The predicted molar refractivity (Wildman–Crippen MR) is 62.7 cm³/mol. The van der Waals surface area contributed by atoms with E-state index < -0.39 is 5.67 Å². The first-order chi connectivity index (χ1) is 6.80. The van der Waals surface area contributed by atoms with Gasteiger partial charge < -0.3 is 0 Å². The van der Waals surface area contributed by atoms with E-state index in [0.29, 0.717) is 16.5 Å². The van der Waals surface area contributed by atoms with Gasteiger partial charge in [-0.05, 0) is 32.4 Å². The molecule has 0 unspecified atom stereocenters. The number of rotatable bonds is 3. The van der Waals surface area contributed by atoms with Crippen LogP contribution in [0.25, 0.3) is 0 Å². The Balaban J connectivity index is 3.04. The molecule has 0 heterocycles. The molecule has 0 fully saturated rings. The summed E-state index contributed by atoms with van der Waals surface area (Å²) in [6.45, 7) is 4.57. The maximum absolute atomic E-state index is 13.7. The van der Waals surface area contributed by atoms with Crippen LogP contribution >= 0.6 is 15.9 Å². The lowest BCUT2D eigenvalue weighted by molar-refractivity contribution is -0.116. The minimum Gasteiger partial charge on any atom is -0.300 e. The average Bonchev–Trinajstić information content (AvgIpc) is 1.99. The zero-order valence-corrected chi connectivity index (χ0v) is 10.7. The Morgan fingerprint density at radius 3 is 2.47 bits per heavy atom. The molecule has 0 spiro atoms. The Kier molecular flexibility index (Phi) is 3.66. The van der Waals surface area contributed by atoms with Gasteiger partial charge in [-0.2, -0.15) is 0 Å². The van der Waals surface area contributed by atoms with Gasteiger partial charge in [0.05, 0.1) is 0 Å². The van der Waals surface area contributed by atoms with Crippen LogP contribution in [0.3, 0.4) is 0 Å². The molecule has 1 aromatic carbocycles. The maximum Gasteiger partial charge on any atom is 0.134 e. The highest BCUT2D eigenvalue weighted by Crippen LogP contribution is 2.31. The van der Waals surface area contributed by atoms with Gasteiger partial charge in [-0.3, -0.25) is 4.79 Å². The molecule has 0 N–H and O–H groups in total. The van der Waals surface area contributed by atoms with E-state index >= 15 is 0 Å². The van der Waals surface area contributed by atoms with Crippen molar-refractivity contribution in [2.75, 3.05) is 0 Å². The zero-order valence-electron chi connectivity index (χ0n) is 9.10. The number of hydrogen-bond acceptors (Lipinski definition) is 1. The van der Waals surface area contributed by atoms with E-state index in [1.54, 1.807) is 25.1 Å². The number of carbonyl (C=O) groups is 1. The summed E-state index contributed by atoms with van der Waals surface area (Å²) in [5, 5.41) is 0. The van der Waals surface area contributed by atoms with Crippen LogP contribution in [-0.4, -0.2) is 5.78 Å². The van der Waals surface area contributed by atoms with Crippen molar-refractivity contribution < 1.29 is 9.18 Å². The number of alkyl halides is 1. The van der Waals surface area contributed by atoms with Crippen LogP contribution in [0.2, 0.25) is 0 Å². The molecule has 0 amide bonds. The second-order valence-electron chi connectivity index (χ2n) is 4.17. The van der Waals surface area contributed by atoms with Crippen molar-refractivity contribution in [3.63, 3.8) is 0 Å². The molecular weight excluding hydrogens is 259 g/mol. The van der Waals surface area contributed by atoms with Gasteiger partial charge in [0, 0.05) is 16.5 Å². The number of Topliss-reactive ketones (excluding diaryl/α,β-unsaturated/α-hetero) is 1. The van der Waals surface area contributed by atoms with Gasteiger partial charge in [-0.15, -0.1) is 0 Å². The van der Waals surface area contributed by atoms with Crippen molar-refractivity contribution in [3.8, 4) is 0 Å². The van der Waals surface area contributed by atoms with Crippen LogP contribution < -0.4 is 0 Å². The normalized spacial score (nSPS) is 11.5. The molecule has 82 valence electrons. The maximum atomic E-state index is 13.7. The topological polar surface area (TPSA) is 17.1 Å². The molecule has 1 nitrogen and oxygen atoms in total. The van der Waals surface area contributed by atoms with E-state index in [1.165, 1.54) is 13.8 Å². The Hall–Kier alpha value is -0.700. The van der Waals surface area contributed by atoms with Gasteiger partial charge in [0.15, 0.2) is 0 Å². The van der Waals surface area contributed by atoms with Crippen molar-refractivity contribution >= 4 is 21.7 Å². The lowest BCUT2D eigenvalue weighted by atomic mass is 9.98. The van der Waals surface area contributed by atoms with Crippen LogP contribution in [0.1, 0.15) is 31.9 Å². The summed E-state index contributed by atoms with van der Waals surface area (Å²) in [5.74, 6) is 0.106. The second-order valence-corrected chi connectivity index (χ2v) is 5.02. The highest BCUT2D eigenvalue weighted by Gasteiger charge is 2.21. The minimum absolute atomic E-state index is 0.106. The standard InChI is InChI=1S/C12H14BrFO/c1-8(15)6-9-4-5-10(11(13)7-9)12(2,3)14/h4-5,7H,6H2,1-3H3. The SMILES string of the molecule is CC(=O)Cc1ccc(C(C)(C)F)c(Br)c1. The van der Waals surface area contributed by atoms with Crippen LogP contribution in [0, 0.1) is 0 Å². The minimum atomic E-state index is -1.37. The fourth-order valence-electron chi connectivity index (χ4n) is 1.44. The average molecular weight is 273 g/mol. The number of carbonyl (C=O) groups excluding carboxylic acids is 1. The Morgan fingerprint density at radius 2 is 2.07 bits per heavy atom. The van der Waals surface area contributed by atoms with Crippen LogP contribution in [-0.2, 0) is 16.9 Å². The molecular formula is C12H14BrFO. The molecule has 0 radical (unpaired) electrons. The monoisotopic (exact) mass is 272 g/mol. The third kappa shape index (κ3) is 3.42. The molecule has 15 heavy (non-hydrogen) atoms. The molecule has 0 aromatic heterocycles. The van der Waals surface area contributed by atoms with E-state index in [1.807, 2.05) is 0 Å². The van der Waals surface area contributed by atoms with Crippen molar-refractivity contribution in [1.29, 1.82) is 0 Å². The van der Waals surface area contributed by atoms with Gasteiger partial charge in [-0.1, -0.05) is 28.1 Å². The third-order valence-electron chi connectivity index (χ3n) is 2.13. The van der Waals surface area contributed by atoms with Crippen molar-refractivity contribution in [3.05, 3.63) is 33.8 Å². The van der Waals surface area contributed by atoms with Gasteiger partial charge in [-0.25, -0.2) is 4.39 Å². The van der Waals surface area contributed by atoms with Crippen LogP contribution in [0.15, 0.2) is 22.7 Å². The summed E-state index contributed by atoms with van der Waals surface area (Å²) < 4.78 is 14.4. The largest absolute Gasteiger partial charge is 0.300 e. The highest BCUT2D eigenvalue weighted by molar-refractivity contribution is 9.10. The quantitative estimate of drug-likeness (QED) is 0.819. The van der Waals surface area contributed by atoms with E-state index in [9.17, 15) is 9.18 Å². The second kappa shape index (κ2) is 4.44. The van der Waals surface area contributed by atoms with Gasteiger partial charge in [0.2, 0.25) is 0 Å². The Morgan fingerprint density at radius 1 is 1.47 bits per heavy atom. The zero-order chi connectivity index (χ0) is 11.6. The number of halogens is 2. The molecule has 0 saturated carbocycles. The third-order valence-corrected chi connectivity index (χ3v) is 2.78. The summed E-state index contributed by atoms with van der Waals surface area (Å²) >= 11 is 3.32. The van der Waals surface area contributed by atoms with Crippen molar-refractivity contribution in [1.82, 2.24) is 0 Å². The molecule has 0 aliphatic carbocycles. The van der Waals surface area contributed by atoms with Crippen molar-refractivity contribution in [2.24, 2.45) is 0 Å². The summed E-state index contributed by atoms with van der Waals surface area (Å²) in [7, 11) is 0. The molecule has 3 heteroatoms. The lowest BCUT2D eigenvalue weighted by Crippen LogP contribution is -2.10. The summed E-state index contributed by atoms with van der Waals surface area (Å²) in [6, 6.07) is 5.32. The van der Waals surface area contributed by atoms with Gasteiger partial charge >= 0.3 is 0 Å². The lowest BCUT2D eigenvalue weighted by Gasteiger charge is -2.17. The van der Waals surface area contributed by atoms with E-state index in [0.717, 1.165) is 5.56 Å². The van der Waals surface area contributed by atoms with E-state index in [2.05, 4.69) is 15.9 Å². The smallest absolute Gasteiger partial charge is 0.134 e. The number of benzene rings is 1. The number of hydrogen-bond donors (Lipinski definition) is 0. The molecule has 0 saturated heterocycles. The number of ketones is 1. The van der Waals surface area contributed by atoms with Crippen LogP contribution in [0.5, 0.6) is 0 Å². The van der Waals surface area contributed by atoms with E-state index in [4.69, 9.17) is 0 Å².